The van der Waals surface area contributed by atoms with Gasteiger partial charge < -0.3 is 5.32 Å². The van der Waals surface area contributed by atoms with Gasteiger partial charge in [0.15, 0.2) is 0 Å². The van der Waals surface area contributed by atoms with Crippen LogP contribution in [0.2, 0.25) is 0 Å². The van der Waals surface area contributed by atoms with E-state index in [4.69, 9.17) is 0 Å². The maximum Gasteiger partial charge on any atom is 0.246 e. The van der Waals surface area contributed by atoms with Crippen molar-refractivity contribution in [3.8, 4) is 0 Å². The van der Waals surface area contributed by atoms with Crippen LogP contribution >= 0.6 is 0 Å². The Bertz CT molecular complexity index is 161. The van der Waals surface area contributed by atoms with Gasteiger partial charge in [-0.3, -0.25) is 4.79 Å². The number of hydrogen-bond acceptors (Lipinski definition) is 1. The molecular formula is C10H19NO. The summed E-state index contributed by atoms with van der Waals surface area (Å²) < 4.78 is 0. The number of carbonyl (C=O) groups is 1. The van der Waals surface area contributed by atoms with Crippen LogP contribution in [0.4, 0.5) is 0 Å². The molecule has 0 radical (unpaired) electrons. The molecule has 0 aromatic rings. The van der Waals surface area contributed by atoms with Crippen LogP contribution in [-0.2, 0) is 4.79 Å². The van der Waals surface area contributed by atoms with Crippen LogP contribution in [0.1, 0.15) is 33.6 Å². The van der Waals surface area contributed by atoms with Crippen LogP contribution < -0.4 is 5.32 Å². The average molecular weight is 169 g/mol. The Hall–Kier alpha value is -0.790. The Morgan fingerprint density at radius 3 is 2.50 bits per heavy atom. The number of nitrogens with one attached hydrogen (secondary N) is 1. The van der Waals surface area contributed by atoms with E-state index in [0.717, 1.165) is 19.4 Å². The van der Waals surface area contributed by atoms with Crippen molar-refractivity contribution < 1.29 is 4.79 Å². The lowest BCUT2D eigenvalue weighted by Crippen LogP contribution is -2.25. The monoisotopic (exact) mass is 169 g/mol. The summed E-state index contributed by atoms with van der Waals surface area (Å²) in [6, 6.07) is 0. The molecule has 1 N–H and O–H groups in total. The molecule has 1 amide bonds. The maximum absolute atomic E-state index is 11.2. The first-order valence-corrected chi connectivity index (χ1v) is 4.53. The van der Waals surface area contributed by atoms with Crippen molar-refractivity contribution >= 4 is 5.91 Å². The number of carbonyl (C=O) groups excluding carboxylic acids is 1. The summed E-state index contributed by atoms with van der Waals surface area (Å²) in [6.07, 6.45) is 1.76. The van der Waals surface area contributed by atoms with Gasteiger partial charge in [-0.1, -0.05) is 27.4 Å². The van der Waals surface area contributed by atoms with Gasteiger partial charge in [0.1, 0.15) is 0 Å². The summed E-state index contributed by atoms with van der Waals surface area (Å²) in [6.45, 7) is 10.7. The second-order valence-corrected chi connectivity index (χ2v) is 3.46. The molecule has 0 bridgehead atoms. The molecular weight excluding hydrogens is 150 g/mol. The van der Waals surface area contributed by atoms with E-state index in [1.54, 1.807) is 0 Å². The lowest BCUT2D eigenvalue weighted by atomic mass is 10.0. The standard InChI is InChI=1S/C10H19NO/c1-5-6-11-10(12)9(4)7-8(2)3/h8H,4-7H2,1-3H3,(H,11,12). The van der Waals surface area contributed by atoms with Crippen molar-refractivity contribution in [3.63, 3.8) is 0 Å². The van der Waals surface area contributed by atoms with Crippen molar-refractivity contribution in [3.05, 3.63) is 12.2 Å². The van der Waals surface area contributed by atoms with E-state index in [-0.39, 0.29) is 5.91 Å². The van der Waals surface area contributed by atoms with Crippen molar-refractivity contribution in [1.29, 1.82) is 0 Å². The summed E-state index contributed by atoms with van der Waals surface area (Å²) >= 11 is 0. The van der Waals surface area contributed by atoms with Gasteiger partial charge in [0.25, 0.3) is 0 Å². The first kappa shape index (κ1) is 11.2. The molecule has 0 saturated carbocycles. The average Bonchev–Trinajstić information content (AvgIpc) is 1.98. The molecule has 0 aliphatic rings. The van der Waals surface area contributed by atoms with E-state index < -0.39 is 0 Å². The van der Waals surface area contributed by atoms with Crippen molar-refractivity contribution in [2.45, 2.75) is 33.6 Å². The SMILES string of the molecule is C=C(CC(C)C)C(=O)NCCC. The zero-order chi connectivity index (χ0) is 9.56. The number of rotatable bonds is 5. The normalized spacial score (nSPS) is 10.0. The van der Waals surface area contributed by atoms with E-state index >= 15 is 0 Å². The highest BCUT2D eigenvalue weighted by molar-refractivity contribution is 5.92. The molecule has 2 heteroatoms. The van der Waals surface area contributed by atoms with Gasteiger partial charge in [0.05, 0.1) is 0 Å². The van der Waals surface area contributed by atoms with E-state index in [1.165, 1.54) is 0 Å². The lowest BCUT2D eigenvalue weighted by molar-refractivity contribution is -0.117. The molecule has 0 aromatic carbocycles. The molecule has 70 valence electrons. The van der Waals surface area contributed by atoms with E-state index in [0.29, 0.717) is 11.5 Å². The molecule has 0 spiro atoms. The summed E-state index contributed by atoms with van der Waals surface area (Å²) in [5.74, 6) is 0.510. The highest BCUT2D eigenvalue weighted by atomic mass is 16.1. The summed E-state index contributed by atoms with van der Waals surface area (Å²) in [5, 5.41) is 2.80. The maximum atomic E-state index is 11.2. The van der Waals surface area contributed by atoms with Gasteiger partial charge in [0.2, 0.25) is 5.91 Å². The molecule has 0 rings (SSSR count). The second-order valence-electron chi connectivity index (χ2n) is 3.46. The van der Waals surface area contributed by atoms with Crippen molar-refractivity contribution in [1.82, 2.24) is 5.32 Å². The Morgan fingerprint density at radius 2 is 2.08 bits per heavy atom. The number of amides is 1. The molecule has 12 heavy (non-hydrogen) atoms. The highest BCUT2D eigenvalue weighted by Crippen LogP contribution is 2.07. The Labute approximate surface area is 75.0 Å². The van der Waals surface area contributed by atoms with Gasteiger partial charge >= 0.3 is 0 Å². The first-order chi connectivity index (χ1) is 5.57. The molecule has 0 heterocycles. The summed E-state index contributed by atoms with van der Waals surface area (Å²) in [5.41, 5.74) is 0.693. The number of hydrogen-bond donors (Lipinski definition) is 1. The summed E-state index contributed by atoms with van der Waals surface area (Å²) in [7, 11) is 0. The van der Waals surface area contributed by atoms with Gasteiger partial charge in [-0.15, -0.1) is 0 Å². The van der Waals surface area contributed by atoms with E-state index in [1.807, 2.05) is 6.92 Å². The molecule has 0 atom stereocenters. The zero-order valence-corrected chi connectivity index (χ0v) is 8.31. The molecule has 0 saturated heterocycles. The van der Waals surface area contributed by atoms with Gasteiger partial charge in [-0.25, -0.2) is 0 Å². The van der Waals surface area contributed by atoms with E-state index in [2.05, 4.69) is 25.7 Å². The predicted octanol–water partition coefficient (Wildman–Crippen LogP) is 2.11. The minimum Gasteiger partial charge on any atom is -0.352 e. The predicted molar refractivity (Wildman–Crippen MR) is 51.9 cm³/mol. The largest absolute Gasteiger partial charge is 0.352 e. The Balaban J connectivity index is 3.70. The quantitative estimate of drug-likeness (QED) is 0.627. The van der Waals surface area contributed by atoms with Crippen molar-refractivity contribution in [2.24, 2.45) is 5.92 Å². The third-order valence-corrected chi connectivity index (χ3v) is 1.51. The van der Waals surface area contributed by atoms with Crippen molar-refractivity contribution in [2.75, 3.05) is 6.54 Å². The highest BCUT2D eigenvalue weighted by Gasteiger charge is 2.06. The second kappa shape index (κ2) is 5.81. The molecule has 0 aromatic heterocycles. The van der Waals surface area contributed by atoms with Gasteiger partial charge in [0, 0.05) is 12.1 Å². The van der Waals surface area contributed by atoms with Crippen LogP contribution in [0.15, 0.2) is 12.2 Å². The third-order valence-electron chi connectivity index (χ3n) is 1.51. The third kappa shape index (κ3) is 4.94. The Morgan fingerprint density at radius 1 is 1.50 bits per heavy atom. The fourth-order valence-corrected chi connectivity index (χ4v) is 0.949. The smallest absolute Gasteiger partial charge is 0.246 e. The van der Waals surface area contributed by atoms with Crippen LogP contribution in [0, 0.1) is 5.92 Å². The first-order valence-electron chi connectivity index (χ1n) is 4.53. The topological polar surface area (TPSA) is 29.1 Å². The van der Waals surface area contributed by atoms with Crippen LogP contribution in [0.5, 0.6) is 0 Å². The minimum absolute atomic E-state index is 0.00514. The van der Waals surface area contributed by atoms with Crippen LogP contribution in [-0.4, -0.2) is 12.5 Å². The summed E-state index contributed by atoms with van der Waals surface area (Å²) in [4.78, 5) is 11.2. The molecule has 0 aliphatic carbocycles. The van der Waals surface area contributed by atoms with Gasteiger partial charge in [-0.2, -0.15) is 0 Å². The molecule has 0 aliphatic heterocycles. The zero-order valence-electron chi connectivity index (χ0n) is 8.31. The van der Waals surface area contributed by atoms with Gasteiger partial charge in [-0.05, 0) is 18.8 Å². The lowest BCUT2D eigenvalue weighted by Gasteiger charge is -2.08. The van der Waals surface area contributed by atoms with Crippen LogP contribution in [0.3, 0.4) is 0 Å². The molecule has 0 unspecified atom stereocenters. The minimum atomic E-state index is 0.00514. The molecule has 0 fully saturated rings. The van der Waals surface area contributed by atoms with E-state index in [9.17, 15) is 4.79 Å². The van der Waals surface area contributed by atoms with Crippen LogP contribution in [0.25, 0.3) is 0 Å². The fraction of sp³-hybridized carbons (Fsp3) is 0.700. The molecule has 2 nitrogen and oxygen atoms in total. The Kier molecular flexibility index (Phi) is 5.43. The fourth-order valence-electron chi connectivity index (χ4n) is 0.949.